The van der Waals surface area contributed by atoms with E-state index in [-0.39, 0.29) is 24.4 Å². The van der Waals surface area contributed by atoms with Gasteiger partial charge in [-0.3, -0.25) is 14.6 Å². The molecular weight excluding hydrogens is 296 g/mol. The molecule has 2 heterocycles. The largest absolute Gasteiger partial charge is 0.480 e. The molecule has 1 aliphatic rings. The van der Waals surface area contributed by atoms with Crippen molar-refractivity contribution in [3.05, 3.63) is 23.8 Å². The van der Waals surface area contributed by atoms with Crippen LogP contribution >= 0.6 is 0 Å². The number of hydrogen-bond donors (Lipinski definition) is 1. The molecule has 3 atom stereocenters. The van der Waals surface area contributed by atoms with Crippen molar-refractivity contribution in [2.75, 3.05) is 6.54 Å². The minimum absolute atomic E-state index is 0.0693. The highest BCUT2D eigenvalue weighted by Gasteiger charge is 2.37. The molecule has 124 valence electrons. The number of hydrogen-bond acceptors (Lipinski definition) is 6. The molecule has 0 aromatic carbocycles. The number of nitrogens with zero attached hydrogens (tertiary/aromatic N) is 4. The summed E-state index contributed by atoms with van der Waals surface area (Å²) < 4.78 is 0. The van der Waals surface area contributed by atoms with Crippen molar-refractivity contribution in [2.24, 2.45) is 11.0 Å². The van der Waals surface area contributed by atoms with Crippen LogP contribution in [-0.4, -0.2) is 50.6 Å². The highest BCUT2D eigenvalue weighted by molar-refractivity contribution is 6.30. The van der Waals surface area contributed by atoms with Crippen LogP contribution in [0.5, 0.6) is 0 Å². The number of aliphatic carboxylic acids is 1. The molecular formula is C16H22N4O3. The molecule has 7 nitrogen and oxygen atoms in total. The second-order valence-corrected chi connectivity index (χ2v) is 5.92. The van der Waals surface area contributed by atoms with E-state index in [1.165, 1.54) is 5.01 Å². The van der Waals surface area contributed by atoms with Gasteiger partial charge in [0.25, 0.3) is 0 Å². The minimum Gasteiger partial charge on any atom is -0.480 e. The van der Waals surface area contributed by atoms with Gasteiger partial charge in [-0.05, 0) is 31.2 Å². The van der Waals surface area contributed by atoms with E-state index in [1.807, 2.05) is 13.8 Å². The van der Waals surface area contributed by atoms with Gasteiger partial charge in [0.15, 0.2) is 6.29 Å². The summed E-state index contributed by atoms with van der Waals surface area (Å²) in [4.78, 5) is 30.7. The first-order valence-corrected chi connectivity index (χ1v) is 7.76. The Kier molecular flexibility index (Phi) is 5.41. The summed E-state index contributed by atoms with van der Waals surface area (Å²) in [5.41, 5.74) is 1.44. The number of aromatic nitrogens is 2. The number of carboxylic acids is 1. The molecule has 0 saturated heterocycles. The fourth-order valence-electron chi connectivity index (χ4n) is 3.05. The molecule has 1 aromatic rings. The van der Waals surface area contributed by atoms with E-state index in [9.17, 15) is 9.59 Å². The summed E-state index contributed by atoms with van der Waals surface area (Å²) >= 11 is 0. The third-order valence-corrected chi connectivity index (χ3v) is 4.28. The molecule has 1 aromatic heterocycles. The maximum atomic E-state index is 11.3. The Balaban J connectivity index is 2.16. The lowest BCUT2D eigenvalue weighted by atomic mass is 9.84. The van der Waals surface area contributed by atoms with Gasteiger partial charge in [0.05, 0.1) is 6.04 Å². The smallest absolute Gasteiger partial charge is 0.324 e. The average Bonchev–Trinajstić information content (AvgIpc) is 2.83. The summed E-state index contributed by atoms with van der Waals surface area (Å²) in [6.07, 6.45) is 5.79. The molecule has 1 aliphatic heterocycles. The SMILES string of the molecule is CCC1C(CC(C)c2cnc(C)nc2)C(C=O)=NN1CC(=O)O. The van der Waals surface area contributed by atoms with Crippen molar-refractivity contribution >= 4 is 18.0 Å². The first-order valence-electron chi connectivity index (χ1n) is 7.76. The van der Waals surface area contributed by atoms with Gasteiger partial charge in [-0.15, -0.1) is 0 Å². The van der Waals surface area contributed by atoms with Crippen LogP contribution in [0, 0.1) is 12.8 Å². The Morgan fingerprint density at radius 2 is 2.09 bits per heavy atom. The molecule has 7 heteroatoms. The Morgan fingerprint density at radius 3 is 2.61 bits per heavy atom. The van der Waals surface area contributed by atoms with Crippen LogP contribution in [0.3, 0.4) is 0 Å². The van der Waals surface area contributed by atoms with Crippen LogP contribution in [0.2, 0.25) is 0 Å². The van der Waals surface area contributed by atoms with E-state index >= 15 is 0 Å². The van der Waals surface area contributed by atoms with Gasteiger partial charge in [-0.25, -0.2) is 9.97 Å². The van der Waals surface area contributed by atoms with Crippen molar-refractivity contribution in [3.63, 3.8) is 0 Å². The third-order valence-electron chi connectivity index (χ3n) is 4.28. The van der Waals surface area contributed by atoms with Crippen molar-refractivity contribution < 1.29 is 14.7 Å². The van der Waals surface area contributed by atoms with E-state index in [0.29, 0.717) is 12.1 Å². The van der Waals surface area contributed by atoms with Crippen LogP contribution in [0.1, 0.15) is 44.0 Å². The molecule has 0 saturated carbocycles. The molecule has 0 spiro atoms. The molecule has 0 fully saturated rings. The van der Waals surface area contributed by atoms with E-state index in [1.54, 1.807) is 12.4 Å². The molecule has 0 amide bonds. The minimum atomic E-state index is -0.946. The third kappa shape index (κ3) is 3.91. The molecule has 2 rings (SSSR count). The Bertz CT molecular complexity index is 600. The normalized spacial score (nSPS) is 21.9. The van der Waals surface area contributed by atoms with Crippen LogP contribution in [-0.2, 0) is 9.59 Å². The highest BCUT2D eigenvalue weighted by atomic mass is 16.4. The van der Waals surface area contributed by atoms with E-state index in [0.717, 1.165) is 24.1 Å². The number of aldehydes is 1. The number of carbonyl (C=O) groups excluding carboxylic acids is 1. The Morgan fingerprint density at radius 1 is 1.43 bits per heavy atom. The molecule has 0 bridgehead atoms. The van der Waals surface area contributed by atoms with Gasteiger partial charge >= 0.3 is 5.97 Å². The second kappa shape index (κ2) is 7.30. The zero-order valence-corrected chi connectivity index (χ0v) is 13.6. The lowest BCUT2D eigenvalue weighted by Crippen LogP contribution is -2.36. The summed E-state index contributed by atoms with van der Waals surface area (Å²) in [5, 5.41) is 14.7. The predicted octanol–water partition coefficient (Wildman–Crippen LogP) is 1.63. The molecule has 3 unspecified atom stereocenters. The lowest BCUT2D eigenvalue weighted by molar-refractivity contribution is -0.138. The maximum Gasteiger partial charge on any atom is 0.324 e. The summed E-state index contributed by atoms with van der Waals surface area (Å²) in [6, 6.07) is -0.0693. The van der Waals surface area contributed by atoms with Crippen LogP contribution in [0.25, 0.3) is 0 Å². The number of hydrazone groups is 1. The summed E-state index contributed by atoms with van der Waals surface area (Å²) in [7, 11) is 0. The molecule has 23 heavy (non-hydrogen) atoms. The fourth-order valence-corrected chi connectivity index (χ4v) is 3.05. The lowest BCUT2D eigenvalue weighted by Gasteiger charge is -2.27. The average molecular weight is 318 g/mol. The fraction of sp³-hybridized carbons (Fsp3) is 0.562. The number of carbonyl (C=O) groups is 2. The monoisotopic (exact) mass is 318 g/mol. The van der Waals surface area contributed by atoms with Gasteiger partial charge < -0.3 is 5.11 Å². The summed E-state index contributed by atoms with van der Waals surface area (Å²) in [5.74, 6) is -0.146. The highest BCUT2D eigenvalue weighted by Crippen LogP contribution is 2.32. The van der Waals surface area contributed by atoms with Gasteiger partial charge in [-0.2, -0.15) is 5.10 Å². The maximum absolute atomic E-state index is 11.3. The van der Waals surface area contributed by atoms with Crippen molar-refractivity contribution in [2.45, 2.75) is 45.6 Å². The zero-order chi connectivity index (χ0) is 17.0. The second-order valence-electron chi connectivity index (χ2n) is 5.92. The molecule has 0 radical (unpaired) electrons. The number of carboxylic acid groups (broad SMARTS) is 1. The van der Waals surface area contributed by atoms with E-state index < -0.39 is 5.97 Å². The van der Waals surface area contributed by atoms with Crippen LogP contribution < -0.4 is 0 Å². The zero-order valence-electron chi connectivity index (χ0n) is 13.6. The Hall–Kier alpha value is -2.31. The van der Waals surface area contributed by atoms with Crippen molar-refractivity contribution in [1.29, 1.82) is 0 Å². The van der Waals surface area contributed by atoms with Crippen LogP contribution in [0.4, 0.5) is 0 Å². The van der Waals surface area contributed by atoms with E-state index in [2.05, 4.69) is 22.0 Å². The summed E-state index contributed by atoms with van der Waals surface area (Å²) in [6.45, 7) is 5.69. The quantitative estimate of drug-likeness (QED) is 0.768. The van der Waals surface area contributed by atoms with Gasteiger partial charge in [0, 0.05) is 18.3 Å². The van der Waals surface area contributed by atoms with Gasteiger partial charge in [-0.1, -0.05) is 13.8 Å². The predicted molar refractivity (Wildman–Crippen MR) is 85.2 cm³/mol. The first-order chi connectivity index (χ1) is 11.0. The van der Waals surface area contributed by atoms with Crippen molar-refractivity contribution in [1.82, 2.24) is 15.0 Å². The molecule has 1 N–H and O–H groups in total. The number of rotatable bonds is 7. The van der Waals surface area contributed by atoms with Gasteiger partial charge in [0.1, 0.15) is 18.1 Å². The van der Waals surface area contributed by atoms with Gasteiger partial charge in [0.2, 0.25) is 0 Å². The topological polar surface area (TPSA) is 95.8 Å². The van der Waals surface area contributed by atoms with E-state index in [4.69, 9.17) is 5.11 Å². The Labute approximate surface area is 135 Å². The standard InChI is InChI=1S/C16H22N4O3/c1-4-15-13(14(9-21)19-20(15)8-16(22)23)5-10(2)12-6-17-11(3)18-7-12/h6-7,9-10,13,15H,4-5,8H2,1-3H3,(H,22,23). The van der Waals surface area contributed by atoms with Crippen molar-refractivity contribution in [3.8, 4) is 0 Å². The molecule has 0 aliphatic carbocycles. The number of aryl methyl sites for hydroxylation is 1. The first kappa shape index (κ1) is 17.1. The van der Waals surface area contributed by atoms with Crippen LogP contribution in [0.15, 0.2) is 17.5 Å².